The Hall–Kier alpha value is -2.90. The summed E-state index contributed by atoms with van der Waals surface area (Å²) in [4.78, 5) is 28.6. The Morgan fingerprint density at radius 1 is 0.722 bits per heavy atom. The van der Waals surface area contributed by atoms with Gasteiger partial charge in [0.25, 0.3) is 0 Å². The Morgan fingerprint density at radius 3 is 2.14 bits per heavy atom. The number of rotatable bonds is 3. The van der Waals surface area contributed by atoms with Crippen LogP contribution in [0.1, 0.15) is 5.56 Å². The van der Waals surface area contributed by atoms with E-state index in [1.807, 2.05) is 47.5 Å². The number of anilines is 2. The smallest absolute Gasteiger partial charge is 0.240 e. The van der Waals surface area contributed by atoms with Crippen LogP contribution >= 0.6 is 34.8 Å². The van der Waals surface area contributed by atoms with Gasteiger partial charge in [-0.3, -0.25) is 14.6 Å². The van der Waals surface area contributed by atoms with E-state index in [1.54, 1.807) is 30.3 Å². The molecule has 3 aromatic carbocycles. The van der Waals surface area contributed by atoms with Crippen molar-refractivity contribution in [1.29, 1.82) is 0 Å². The van der Waals surface area contributed by atoms with Gasteiger partial charge in [0.2, 0.25) is 11.8 Å². The molecule has 0 aliphatic carbocycles. The van der Waals surface area contributed by atoms with E-state index in [9.17, 15) is 9.59 Å². The zero-order valence-corrected chi connectivity index (χ0v) is 20.9. The Labute approximate surface area is 222 Å². The molecule has 0 aromatic heterocycles. The molecule has 0 N–H and O–H groups in total. The number of amides is 2. The number of halogens is 3. The zero-order chi connectivity index (χ0) is 24.7. The van der Waals surface area contributed by atoms with E-state index < -0.39 is 24.0 Å². The van der Waals surface area contributed by atoms with Gasteiger partial charge in [0.15, 0.2) is 0 Å². The number of fused-ring (bicyclic) bond motifs is 8. The molecule has 0 saturated carbocycles. The summed E-state index contributed by atoms with van der Waals surface area (Å²) in [6.45, 7) is 0. The van der Waals surface area contributed by atoms with Crippen molar-refractivity contribution in [3.05, 3.63) is 93.4 Å². The number of hydrazone groups is 1. The van der Waals surface area contributed by atoms with Crippen molar-refractivity contribution < 1.29 is 14.3 Å². The minimum absolute atomic E-state index is 0.250. The zero-order valence-electron chi connectivity index (χ0n) is 18.6. The fourth-order valence-electron chi connectivity index (χ4n) is 6.20. The van der Waals surface area contributed by atoms with Crippen molar-refractivity contribution in [2.45, 2.75) is 18.2 Å². The number of carbonyl (C=O) groups excluding carboxylic acids is 2. The van der Waals surface area contributed by atoms with Crippen molar-refractivity contribution in [1.82, 2.24) is 0 Å². The summed E-state index contributed by atoms with van der Waals surface area (Å²) in [7, 11) is 0. The third-order valence-electron chi connectivity index (χ3n) is 7.63. The highest BCUT2D eigenvalue weighted by Gasteiger charge is 2.72. The van der Waals surface area contributed by atoms with Crippen LogP contribution in [0.25, 0.3) is 0 Å². The lowest BCUT2D eigenvalue weighted by atomic mass is 9.70. The molecular weight excluding hydrogens is 521 g/mol. The lowest BCUT2D eigenvalue weighted by Crippen LogP contribution is -2.50. The Balaban J connectivity index is 1.34. The molecule has 6 nitrogen and oxygen atoms in total. The van der Waals surface area contributed by atoms with E-state index in [0.717, 1.165) is 5.69 Å². The number of ether oxygens (including phenoxy) is 1. The molecular formula is C27H18Cl3N3O3. The molecule has 3 aromatic rings. The van der Waals surface area contributed by atoms with E-state index in [2.05, 4.69) is 0 Å². The van der Waals surface area contributed by atoms with Crippen molar-refractivity contribution >= 4 is 63.7 Å². The molecule has 180 valence electrons. The van der Waals surface area contributed by atoms with Gasteiger partial charge in [0.1, 0.15) is 0 Å². The standard InChI is InChI=1S/C27H18Cl3N3O3/c28-13-9-11-14(12-10-13)32-26(34)18-19(27(32)35)25-23-20(24(18)36-25)22(16-7-4-8-17(29)21(16)30)31-33(23)15-5-2-1-3-6-15/h1-12,18-20,23-25H. The summed E-state index contributed by atoms with van der Waals surface area (Å²) in [6, 6.07) is 21.7. The predicted octanol–water partition coefficient (Wildman–Crippen LogP) is 5.44. The molecule has 6 atom stereocenters. The van der Waals surface area contributed by atoms with Crippen LogP contribution in [0.15, 0.2) is 77.9 Å². The second-order valence-electron chi connectivity index (χ2n) is 9.39. The van der Waals surface area contributed by atoms with Crippen LogP contribution in [0.4, 0.5) is 11.4 Å². The Bertz CT molecular complexity index is 1450. The van der Waals surface area contributed by atoms with E-state index >= 15 is 0 Å². The fraction of sp³-hybridized carbons (Fsp3) is 0.222. The minimum Gasteiger partial charge on any atom is -0.370 e. The number of carbonyl (C=O) groups is 2. The van der Waals surface area contributed by atoms with Gasteiger partial charge in [-0.25, -0.2) is 4.90 Å². The molecule has 2 bridgehead atoms. The average Bonchev–Trinajstić information content (AvgIpc) is 3.62. The predicted molar refractivity (Wildman–Crippen MR) is 139 cm³/mol. The number of imide groups is 1. The van der Waals surface area contributed by atoms with Crippen LogP contribution in [0.2, 0.25) is 15.1 Å². The van der Waals surface area contributed by atoms with Crippen LogP contribution in [-0.2, 0) is 14.3 Å². The maximum absolute atomic E-state index is 13.7. The normalized spacial score (nSPS) is 30.1. The first-order valence-electron chi connectivity index (χ1n) is 11.6. The Morgan fingerprint density at radius 2 is 1.42 bits per heavy atom. The number of hydrogen-bond donors (Lipinski definition) is 0. The Kier molecular flexibility index (Phi) is 4.99. The summed E-state index contributed by atoms with van der Waals surface area (Å²) in [5.41, 5.74) is 2.81. The highest BCUT2D eigenvalue weighted by molar-refractivity contribution is 6.44. The molecule has 2 amide bonds. The van der Waals surface area contributed by atoms with Gasteiger partial charge in [-0.05, 0) is 42.5 Å². The van der Waals surface area contributed by atoms with Crippen molar-refractivity contribution in [3.63, 3.8) is 0 Å². The fourth-order valence-corrected chi connectivity index (χ4v) is 6.73. The van der Waals surface area contributed by atoms with Crippen LogP contribution in [0, 0.1) is 17.8 Å². The van der Waals surface area contributed by atoms with Gasteiger partial charge < -0.3 is 4.74 Å². The van der Waals surface area contributed by atoms with Gasteiger partial charge in [0.05, 0.1) is 63.1 Å². The summed E-state index contributed by atoms with van der Waals surface area (Å²) in [6.07, 6.45) is -1.01. The molecule has 4 aliphatic heterocycles. The summed E-state index contributed by atoms with van der Waals surface area (Å²) in [5.74, 6) is -1.95. The van der Waals surface area contributed by atoms with Crippen molar-refractivity contribution in [3.8, 4) is 0 Å². The molecule has 6 unspecified atom stereocenters. The quantitative estimate of drug-likeness (QED) is 0.417. The van der Waals surface area contributed by atoms with Gasteiger partial charge in [-0.1, -0.05) is 65.1 Å². The van der Waals surface area contributed by atoms with Gasteiger partial charge >= 0.3 is 0 Å². The van der Waals surface area contributed by atoms with Crippen molar-refractivity contribution in [2.75, 3.05) is 9.91 Å². The largest absolute Gasteiger partial charge is 0.370 e. The third kappa shape index (κ3) is 2.99. The van der Waals surface area contributed by atoms with E-state index in [1.165, 1.54) is 4.90 Å². The molecule has 0 spiro atoms. The number of nitrogens with zero attached hydrogens (tertiary/aromatic N) is 3. The summed E-state index contributed by atoms with van der Waals surface area (Å²) >= 11 is 19.0. The first-order valence-corrected chi connectivity index (χ1v) is 12.7. The highest BCUT2D eigenvalue weighted by Crippen LogP contribution is 2.57. The third-order valence-corrected chi connectivity index (χ3v) is 8.70. The van der Waals surface area contributed by atoms with E-state index in [0.29, 0.717) is 32.0 Å². The topological polar surface area (TPSA) is 62.2 Å². The molecule has 7 rings (SSSR count). The average molecular weight is 539 g/mol. The lowest BCUT2D eigenvalue weighted by molar-refractivity contribution is -0.125. The van der Waals surface area contributed by atoms with Gasteiger partial charge in [0, 0.05) is 10.6 Å². The van der Waals surface area contributed by atoms with Gasteiger partial charge in [-0.2, -0.15) is 5.10 Å². The van der Waals surface area contributed by atoms with E-state index in [-0.39, 0.29) is 23.8 Å². The van der Waals surface area contributed by atoms with Crippen LogP contribution in [0.5, 0.6) is 0 Å². The monoisotopic (exact) mass is 537 g/mol. The maximum Gasteiger partial charge on any atom is 0.240 e. The molecule has 4 heterocycles. The first kappa shape index (κ1) is 22.3. The van der Waals surface area contributed by atoms with Gasteiger partial charge in [-0.15, -0.1) is 0 Å². The molecule has 36 heavy (non-hydrogen) atoms. The van der Waals surface area contributed by atoms with Crippen LogP contribution in [-0.4, -0.2) is 35.8 Å². The van der Waals surface area contributed by atoms with Crippen LogP contribution in [0.3, 0.4) is 0 Å². The lowest BCUT2D eigenvalue weighted by Gasteiger charge is -2.32. The van der Waals surface area contributed by atoms with Crippen molar-refractivity contribution in [2.24, 2.45) is 22.9 Å². The number of benzene rings is 3. The molecule has 3 saturated heterocycles. The summed E-state index contributed by atoms with van der Waals surface area (Å²) < 4.78 is 6.44. The minimum atomic E-state index is -0.599. The molecule has 0 radical (unpaired) electrons. The molecule has 4 aliphatic rings. The number of hydrogen-bond acceptors (Lipinski definition) is 5. The summed E-state index contributed by atoms with van der Waals surface area (Å²) in [5, 5.41) is 8.28. The number of para-hydroxylation sites is 1. The second-order valence-corrected chi connectivity index (χ2v) is 10.6. The first-order chi connectivity index (χ1) is 17.5. The maximum atomic E-state index is 13.7. The van der Waals surface area contributed by atoms with Crippen LogP contribution < -0.4 is 9.91 Å². The molecule has 9 heteroatoms. The SMILES string of the molecule is O=C1C2C3OC(C2C(=O)N1c1ccc(Cl)cc1)C1C3C(c2cccc(Cl)c2Cl)=NN1c1ccccc1. The van der Waals surface area contributed by atoms with E-state index in [4.69, 9.17) is 44.6 Å². The highest BCUT2D eigenvalue weighted by atomic mass is 35.5. The molecule has 3 fully saturated rings. The second kappa shape index (κ2) is 8.05.